The Balaban J connectivity index is 2.39. The molecule has 70 valence electrons. The number of halogens is 1. The maximum atomic E-state index is 12.5. The molecule has 2 aromatic rings. The van der Waals surface area contributed by atoms with Gasteiger partial charge in [-0.3, -0.25) is 4.79 Å². The fourth-order valence-corrected chi connectivity index (χ4v) is 1.03. The number of hydrogen-bond donors (Lipinski definition) is 0. The van der Waals surface area contributed by atoms with Crippen molar-refractivity contribution in [3.05, 3.63) is 42.1 Å². The van der Waals surface area contributed by atoms with Crippen molar-refractivity contribution in [3.63, 3.8) is 0 Å². The summed E-state index contributed by atoms with van der Waals surface area (Å²) in [6, 6.07) is 2.77. The third-order valence-corrected chi connectivity index (χ3v) is 1.69. The first-order valence-corrected chi connectivity index (χ1v) is 3.91. The maximum absolute atomic E-state index is 12.5. The number of aldehydes is 1. The molecule has 0 amide bonds. The smallest absolute Gasteiger partial charge is 0.153 e. The lowest BCUT2D eigenvalue weighted by molar-refractivity contribution is 0.112. The molecule has 0 aliphatic rings. The van der Waals surface area contributed by atoms with E-state index in [-0.39, 0.29) is 0 Å². The molecule has 0 unspecified atom stereocenters. The highest BCUT2D eigenvalue weighted by Gasteiger charge is 2.00. The van der Waals surface area contributed by atoms with Crippen LogP contribution in [0.5, 0.6) is 0 Å². The Labute approximate surface area is 79.0 Å². The molecule has 0 fully saturated rings. The molecule has 2 heterocycles. The average molecular weight is 191 g/mol. The Morgan fingerprint density at radius 1 is 1.36 bits per heavy atom. The van der Waals surface area contributed by atoms with Crippen molar-refractivity contribution in [3.8, 4) is 5.82 Å². The molecule has 0 bridgehead atoms. The zero-order valence-corrected chi connectivity index (χ0v) is 7.09. The van der Waals surface area contributed by atoms with Gasteiger partial charge in [0.15, 0.2) is 12.1 Å². The zero-order chi connectivity index (χ0) is 9.97. The molecule has 0 saturated carbocycles. The minimum absolute atomic E-state index is 0.406. The van der Waals surface area contributed by atoms with E-state index in [9.17, 15) is 9.18 Å². The summed E-state index contributed by atoms with van der Waals surface area (Å²) in [7, 11) is 0. The highest BCUT2D eigenvalue weighted by molar-refractivity contribution is 5.73. The van der Waals surface area contributed by atoms with Gasteiger partial charge in [0.1, 0.15) is 5.82 Å². The van der Waals surface area contributed by atoms with Crippen molar-refractivity contribution in [2.75, 3.05) is 0 Å². The van der Waals surface area contributed by atoms with Gasteiger partial charge in [-0.25, -0.2) is 14.1 Å². The lowest BCUT2D eigenvalue weighted by Gasteiger charge is -1.97. The van der Waals surface area contributed by atoms with Crippen molar-refractivity contribution in [1.29, 1.82) is 0 Å². The quantitative estimate of drug-likeness (QED) is 0.670. The molecule has 0 saturated heterocycles. The van der Waals surface area contributed by atoms with Crippen LogP contribution in [-0.2, 0) is 0 Å². The fraction of sp³-hybridized carbons (Fsp3) is 0. The number of aromatic nitrogens is 3. The zero-order valence-electron chi connectivity index (χ0n) is 7.09. The van der Waals surface area contributed by atoms with Gasteiger partial charge in [-0.1, -0.05) is 0 Å². The summed E-state index contributed by atoms with van der Waals surface area (Å²) in [4.78, 5) is 14.2. The van der Waals surface area contributed by atoms with Crippen LogP contribution in [-0.4, -0.2) is 21.1 Å². The molecule has 0 N–H and O–H groups in total. The van der Waals surface area contributed by atoms with Gasteiger partial charge < -0.3 is 0 Å². The topological polar surface area (TPSA) is 47.8 Å². The molecule has 2 rings (SSSR count). The van der Waals surface area contributed by atoms with Crippen LogP contribution in [0.2, 0.25) is 0 Å². The van der Waals surface area contributed by atoms with Gasteiger partial charge in [0.2, 0.25) is 0 Å². The number of nitrogens with zero attached hydrogens (tertiary/aromatic N) is 3. The molecule has 0 atom stereocenters. The van der Waals surface area contributed by atoms with Gasteiger partial charge >= 0.3 is 0 Å². The lowest BCUT2D eigenvalue weighted by atomic mass is 10.4. The van der Waals surface area contributed by atoms with Crippen LogP contribution in [0.1, 0.15) is 10.4 Å². The number of rotatable bonds is 2. The maximum Gasteiger partial charge on any atom is 0.153 e. The molecular weight excluding hydrogens is 185 g/mol. The van der Waals surface area contributed by atoms with Crippen LogP contribution < -0.4 is 0 Å². The summed E-state index contributed by atoms with van der Waals surface area (Å²) in [5.41, 5.74) is 0.455. The molecular formula is C9H6FN3O. The standard InChI is InChI=1S/C9H6FN3O/c10-8-1-2-9(11-4-8)13-5-7(6-14)3-12-13/h1-6H. The predicted octanol–water partition coefficient (Wildman–Crippen LogP) is 1.22. The van der Waals surface area contributed by atoms with Crippen LogP contribution in [0, 0.1) is 5.82 Å². The molecule has 0 radical (unpaired) electrons. The molecule has 14 heavy (non-hydrogen) atoms. The van der Waals surface area contributed by atoms with Crippen molar-refractivity contribution >= 4 is 6.29 Å². The molecule has 5 heteroatoms. The monoisotopic (exact) mass is 191 g/mol. The first kappa shape index (κ1) is 8.55. The number of pyridine rings is 1. The SMILES string of the molecule is O=Cc1cnn(-c2ccc(F)cn2)c1. The average Bonchev–Trinajstić information content (AvgIpc) is 2.67. The van der Waals surface area contributed by atoms with Gasteiger partial charge in [-0.15, -0.1) is 0 Å². The van der Waals surface area contributed by atoms with E-state index in [0.717, 1.165) is 6.20 Å². The minimum atomic E-state index is -0.406. The number of hydrogen-bond acceptors (Lipinski definition) is 3. The van der Waals surface area contributed by atoms with Crippen LogP contribution in [0.15, 0.2) is 30.7 Å². The van der Waals surface area contributed by atoms with E-state index in [4.69, 9.17) is 0 Å². The summed E-state index contributed by atoms with van der Waals surface area (Å²) in [5.74, 6) is 0.0658. The lowest BCUT2D eigenvalue weighted by Crippen LogP contribution is -1.97. The predicted molar refractivity (Wildman–Crippen MR) is 46.7 cm³/mol. The summed E-state index contributed by atoms with van der Waals surface area (Å²) in [6.45, 7) is 0. The third-order valence-electron chi connectivity index (χ3n) is 1.69. The first-order chi connectivity index (χ1) is 6.79. The summed E-state index contributed by atoms with van der Waals surface area (Å²) >= 11 is 0. The van der Waals surface area contributed by atoms with Crippen LogP contribution >= 0.6 is 0 Å². The molecule has 4 nitrogen and oxygen atoms in total. The minimum Gasteiger partial charge on any atom is -0.298 e. The summed E-state index contributed by atoms with van der Waals surface area (Å²) in [6.07, 6.45) is 4.72. The van der Waals surface area contributed by atoms with Crippen LogP contribution in [0.4, 0.5) is 4.39 Å². The van der Waals surface area contributed by atoms with Crippen molar-refractivity contribution in [2.45, 2.75) is 0 Å². The van der Waals surface area contributed by atoms with Gasteiger partial charge in [-0.2, -0.15) is 5.10 Å². The molecule has 0 spiro atoms. The van der Waals surface area contributed by atoms with Crippen molar-refractivity contribution in [2.24, 2.45) is 0 Å². The van der Waals surface area contributed by atoms with E-state index in [1.807, 2.05) is 0 Å². The van der Waals surface area contributed by atoms with E-state index in [1.165, 1.54) is 29.2 Å². The van der Waals surface area contributed by atoms with E-state index >= 15 is 0 Å². The Morgan fingerprint density at radius 2 is 2.21 bits per heavy atom. The van der Waals surface area contributed by atoms with Crippen LogP contribution in [0.3, 0.4) is 0 Å². The first-order valence-electron chi connectivity index (χ1n) is 3.91. The third kappa shape index (κ3) is 1.52. The van der Waals surface area contributed by atoms with E-state index in [0.29, 0.717) is 17.7 Å². The second-order valence-corrected chi connectivity index (χ2v) is 2.67. The van der Waals surface area contributed by atoms with Gasteiger partial charge in [0.05, 0.1) is 18.0 Å². The van der Waals surface area contributed by atoms with Crippen molar-refractivity contribution < 1.29 is 9.18 Å². The Kier molecular flexibility index (Phi) is 2.06. The normalized spacial score (nSPS) is 10.1. The molecule has 0 aromatic carbocycles. The summed E-state index contributed by atoms with van der Waals surface area (Å²) in [5, 5.41) is 3.89. The second-order valence-electron chi connectivity index (χ2n) is 2.67. The summed E-state index contributed by atoms with van der Waals surface area (Å²) < 4.78 is 13.9. The van der Waals surface area contributed by atoms with Gasteiger partial charge in [-0.05, 0) is 12.1 Å². The number of carbonyl (C=O) groups is 1. The van der Waals surface area contributed by atoms with Crippen LogP contribution in [0.25, 0.3) is 5.82 Å². The van der Waals surface area contributed by atoms with Crippen molar-refractivity contribution in [1.82, 2.24) is 14.8 Å². The Morgan fingerprint density at radius 3 is 2.79 bits per heavy atom. The van der Waals surface area contributed by atoms with E-state index in [2.05, 4.69) is 10.1 Å². The molecule has 2 aromatic heterocycles. The Hall–Kier alpha value is -2.04. The highest BCUT2D eigenvalue weighted by Crippen LogP contribution is 2.04. The Bertz CT molecular complexity index is 449. The largest absolute Gasteiger partial charge is 0.298 e. The van der Waals surface area contributed by atoms with Gasteiger partial charge in [0, 0.05) is 6.20 Å². The van der Waals surface area contributed by atoms with E-state index in [1.54, 1.807) is 0 Å². The highest BCUT2D eigenvalue weighted by atomic mass is 19.1. The van der Waals surface area contributed by atoms with Gasteiger partial charge in [0.25, 0.3) is 0 Å². The second kappa shape index (κ2) is 3.37. The molecule has 0 aliphatic heterocycles. The van der Waals surface area contributed by atoms with E-state index < -0.39 is 5.82 Å². The number of carbonyl (C=O) groups excluding carboxylic acids is 1. The molecule has 0 aliphatic carbocycles. The fourth-order valence-electron chi connectivity index (χ4n) is 1.03.